The summed E-state index contributed by atoms with van der Waals surface area (Å²) in [6.45, 7) is 5.61. The molecule has 1 atom stereocenters. The molecule has 0 aromatic rings. The van der Waals surface area contributed by atoms with Crippen LogP contribution in [0.15, 0.2) is 12.2 Å². The molecule has 0 aliphatic heterocycles. The third-order valence-electron chi connectivity index (χ3n) is 1.23. The van der Waals surface area contributed by atoms with Gasteiger partial charge in [-0.25, -0.2) is 0 Å². The van der Waals surface area contributed by atoms with Crippen molar-refractivity contribution in [2.45, 2.75) is 32.3 Å². The van der Waals surface area contributed by atoms with Crippen LogP contribution in [0, 0.1) is 11.3 Å². The van der Waals surface area contributed by atoms with Crippen molar-refractivity contribution >= 4 is 0 Å². The van der Waals surface area contributed by atoms with Gasteiger partial charge in [0.05, 0.1) is 18.6 Å². The Bertz CT molecular complexity index is 146. The van der Waals surface area contributed by atoms with Gasteiger partial charge >= 0.3 is 0 Å². The maximum Gasteiger partial charge on any atom is 0.0673 e. The van der Waals surface area contributed by atoms with Gasteiger partial charge in [0.2, 0.25) is 0 Å². The molecule has 1 N–H and O–H groups in total. The van der Waals surface area contributed by atoms with Crippen LogP contribution in [0.5, 0.6) is 0 Å². The number of nitrogens with zero attached hydrogens (tertiary/aromatic N) is 1. The minimum absolute atomic E-state index is 0.229. The van der Waals surface area contributed by atoms with E-state index in [1.807, 2.05) is 13.0 Å². The summed E-state index contributed by atoms with van der Waals surface area (Å²) in [6, 6.07) is 1.91. The maximum absolute atomic E-state index is 9.03. The summed E-state index contributed by atoms with van der Waals surface area (Å²) in [4.78, 5) is 0. The standard InChI is InChI=1S/C8H13NO/c1-7(2)3-4-8(10)5-6-9/h8,10H,1,3-5H2,2H3. The minimum Gasteiger partial charge on any atom is -0.392 e. The molecular weight excluding hydrogens is 126 g/mol. The summed E-state index contributed by atoms with van der Waals surface area (Å²) in [5.74, 6) is 0. The first-order chi connectivity index (χ1) is 4.66. The van der Waals surface area contributed by atoms with E-state index in [1.165, 1.54) is 0 Å². The van der Waals surface area contributed by atoms with E-state index in [9.17, 15) is 0 Å². The van der Waals surface area contributed by atoms with Crippen LogP contribution in [0.4, 0.5) is 0 Å². The quantitative estimate of drug-likeness (QED) is 0.601. The highest BCUT2D eigenvalue weighted by atomic mass is 16.3. The largest absolute Gasteiger partial charge is 0.392 e. The summed E-state index contributed by atoms with van der Waals surface area (Å²) in [5.41, 5.74) is 1.05. The van der Waals surface area contributed by atoms with Crippen LogP contribution in [0.2, 0.25) is 0 Å². The van der Waals surface area contributed by atoms with Gasteiger partial charge in [0, 0.05) is 0 Å². The fraction of sp³-hybridized carbons (Fsp3) is 0.625. The minimum atomic E-state index is -0.471. The fourth-order valence-electron chi connectivity index (χ4n) is 0.620. The smallest absolute Gasteiger partial charge is 0.0673 e. The van der Waals surface area contributed by atoms with E-state index in [1.54, 1.807) is 0 Å². The van der Waals surface area contributed by atoms with Gasteiger partial charge < -0.3 is 5.11 Å². The Hall–Kier alpha value is -0.810. The van der Waals surface area contributed by atoms with Crippen LogP contribution >= 0.6 is 0 Å². The Balaban J connectivity index is 3.32. The van der Waals surface area contributed by atoms with E-state index in [0.29, 0.717) is 6.42 Å². The van der Waals surface area contributed by atoms with Gasteiger partial charge in [-0.2, -0.15) is 5.26 Å². The van der Waals surface area contributed by atoms with Crippen molar-refractivity contribution in [3.8, 4) is 6.07 Å². The molecule has 2 heteroatoms. The lowest BCUT2D eigenvalue weighted by atomic mass is 10.1. The highest BCUT2D eigenvalue weighted by Crippen LogP contribution is 2.06. The van der Waals surface area contributed by atoms with Gasteiger partial charge in [0.15, 0.2) is 0 Å². The number of nitriles is 1. The van der Waals surface area contributed by atoms with E-state index in [0.717, 1.165) is 12.0 Å². The molecule has 0 aliphatic rings. The van der Waals surface area contributed by atoms with E-state index in [4.69, 9.17) is 10.4 Å². The van der Waals surface area contributed by atoms with Gasteiger partial charge in [-0.15, -0.1) is 6.58 Å². The first kappa shape index (κ1) is 9.19. The molecule has 56 valence electrons. The fourth-order valence-corrected chi connectivity index (χ4v) is 0.620. The number of hydrogen-bond acceptors (Lipinski definition) is 2. The zero-order valence-electron chi connectivity index (χ0n) is 6.30. The first-order valence-electron chi connectivity index (χ1n) is 3.36. The van der Waals surface area contributed by atoms with Crippen molar-refractivity contribution in [1.82, 2.24) is 0 Å². The number of aliphatic hydroxyl groups is 1. The summed E-state index contributed by atoms with van der Waals surface area (Å²) in [6.07, 6.45) is 1.22. The average molecular weight is 139 g/mol. The summed E-state index contributed by atoms with van der Waals surface area (Å²) in [5, 5.41) is 17.2. The zero-order valence-corrected chi connectivity index (χ0v) is 6.30. The number of aliphatic hydroxyl groups excluding tert-OH is 1. The highest BCUT2D eigenvalue weighted by Gasteiger charge is 2.01. The lowest BCUT2D eigenvalue weighted by Crippen LogP contribution is -2.04. The maximum atomic E-state index is 9.03. The second-order valence-electron chi connectivity index (χ2n) is 2.51. The molecule has 0 rings (SSSR count). The second-order valence-corrected chi connectivity index (χ2v) is 2.51. The van der Waals surface area contributed by atoms with E-state index >= 15 is 0 Å². The van der Waals surface area contributed by atoms with Gasteiger partial charge in [-0.3, -0.25) is 0 Å². The molecule has 0 bridgehead atoms. The van der Waals surface area contributed by atoms with Crippen LogP contribution < -0.4 is 0 Å². The molecule has 0 aromatic carbocycles. The Labute approximate surface area is 61.8 Å². The van der Waals surface area contributed by atoms with Gasteiger partial charge in [0.1, 0.15) is 0 Å². The average Bonchev–Trinajstić information content (AvgIpc) is 1.85. The molecule has 0 amide bonds. The molecule has 1 unspecified atom stereocenters. The van der Waals surface area contributed by atoms with Gasteiger partial charge in [-0.1, -0.05) is 5.57 Å². The van der Waals surface area contributed by atoms with Crippen LogP contribution in [-0.2, 0) is 0 Å². The van der Waals surface area contributed by atoms with Crippen molar-refractivity contribution in [1.29, 1.82) is 5.26 Å². The summed E-state index contributed by atoms with van der Waals surface area (Å²) in [7, 11) is 0. The Kier molecular flexibility index (Phi) is 4.61. The lowest BCUT2D eigenvalue weighted by Gasteiger charge is -2.04. The van der Waals surface area contributed by atoms with Crippen molar-refractivity contribution < 1.29 is 5.11 Å². The molecule has 0 aliphatic carbocycles. The van der Waals surface area contributed by atoms with Crippen LogP contribution in [-0.4, -0.2) is 11.2 Å². The van der Waals surface area contributed by atoms with Crippen LogP contribution in [0.1, 0.15) is 26.2 Å². The van der Waals surface area contributed by atoms with Gasteiger partial charge in [-0.05, 0) is 19.8 Å². The van der Waals surface area contributed by atoms with Crippen LogP contribution in [0.25, 0.3) is 0 Å². The summed E-state index contributed by atoms with van der Waals surface area (Å²) >= 11 is 0. The Morgan fingerprint density at radius 2 is 2.40 bits per heavy atom. The Morgan fingerprint density at radius 1 is 1.80 bits per heavy atom. The molecule has 0 radical (unpaired) electrons. The second kappa shape index (κ2) is 5.01. The molecule has 0 saturated carbocycles. The van der Waals surface area contributed by atoms with E-state index < -0.39 is 6.10 Å². The SMILES string of the molecule is C=C(C)CCC(O)CC#N. The molecule has 0 aromatic heterocycles. The van der Waals surface area contributed by atoms with Crippen molar-refractivity contribution in [2.75, 3.05) is 0 Å². The first-order valence-corrected chi connectivity index (χ1v) is 3.36. The number of allylic oxidation sites excluding steroid dienone is 1. The molecule has 10 heavy (non-hydrogen) atoms. The van der Waals surface area contributed by atoms with Crippen LogP contribution in [0.3, 0.4) is 0 Å². The molecule has 2 nitrogen and oxygen atoms in total. The lowest BCUT2D eigenvalue weighted by molar-refractivity contribution is 0.170. The molecule has 0 spiro atoms. The van der Waals surface area contributed by atoms with Crippen molar-refractivity contribution in [3.63, 3.8) is 0 Å². The Morgan fingerprint density at radius 3 is 2.80 bits per heavy atom. The van der Waals surface area contributed by atoms with Gasteiger partial charge in [0.25, 0.3) is 0 Å². The monoisotopic (exact) mass is 139 g/mol. The molecule has 0 saturated heterocycles. The zero-order chi connectivity index (χ0) is 7.98. The number of hydrogen-bond donors (Lipinski definition) is 1. The van der Waals surface area contributed by atoms with E-state index in [2.05, 4.69) is 6.58 Å². The highest BCUT2D eigenvalue weighted by molar-refractivity contribution is 4.89. The molecule has 0 fully saturated rings. The normalized spacial score (nSPS) is 12.1. The third-order valence-corrected chi connectivity index (χ3v) is 1.23. The van der Waals surface area contributed by atoms with Crippen molar-refractivity contribution in [2.24, 2.45) is 0 Å². The van der Waals surface area contributed by atoms with Crippen molar-refractivity contribution in [3.05, 3.63) is 12.2 Å². The number of rotatable bonds is 4. The third kappa shape index (κ3) is 5.33. The summed E-state index contributed by atoms with van der Waals surface area (Å²) < 4.78 is 0. The predicted octanol–water partition coefficient (Wildman–Crippen LogP) is 1.62. The molecular formula is C8H13NO. The molecule has 0 heterocycles. The topological polar surface area (TPSA) is 44.0 Å². The van der Waals surface area contributed by atoms with E-state index in [-0.39, 0.29) is 6.42 Å². The predicted molar refractivity (Wildman–Crippen MR) is 40.3 cm³/mol.